The van der Waals surface area contributed by atoms with Crippen molar-refractivity contribution in [1.82, 2.24) is 0 Å². The van der Waals surface area contributed by atoms with E-state index in [1.807, 2.05) is 0 Å². The molecule has 3 rings (SSSR count). The van der Waals surface area contributed by atoms with Crippen molar-refractivity contribution in [3.8, 4) is 0 Å². The third-order valence-corrected chi connectivity index (χ3v) is 5.13. The van der Waals surface area contributed by atoms with Gasteiger partial charge in [-0.25, -0.2) is 0 Å². The fraction of sp³-hybridized carbons (Fsp3) is 0.368. The number of rotatable bonds is 4. The summed E-state index contributed by atoms with van der Waals surface area (Å²) >= 11 is 3.70. The van der Waals surface area contributed by atoms with Crippen LogP contribution in [-0.2, 0) is 6.42 Å². The molecule has 0 saturated carbocycles. The highest BCUT2D eigenvalue weighted by Gasteiger charge is 2.20. The minimum Gasteiger partial charge on any atom is -0.371 e. The maximum absolute atomic E-state index is 3.70. The first-order valence-corrected chi connectivity index (χ1v) is 8.85. The Morgan fingerprint density at radius 2 is 1.95 bits per heavy atom. The van der Waals surface area contributed by atoms with Gasteiger partial charge in [-0.1, -0.05) is 64.0 Å². The number of hydrogen-bond donors (Lipinski definition) is 0. The maximum Gasteiger partial charge on any atom is 0.0399 e. The lowest BCUT2D eigenvalue weighted by atomic mass is 9.96. The van der Waals surface area contributed by atoms with Crippen LogP contribution in [0.25, 0.3) is 0 Å². The second-order valence-corrected chi connectivity index (χ2v) is 6.59. The molecule has 0 amide bonds. The van der Waals surface area contributed by atoms with Gasteiger partial charge in [-0.2, -0.15) is 0 Å². The average molecular weight is 344 g/mol. The molecule has 1 atom stereocenters. The summed E-state index contributed by atoms with van der Waals surface area (Å²) in [4.78, 5) is 2.57. The van der Waals surface area contributed by atoms with Crippen molar-refractivity contribution >= 4 is 21.6 Å². The van der Waals surface area contributed by atoms with Gasteiger partial charge in [0.2, 0.25) is 0 Å². The highest BCUT2D eigenvalue weighted by Crippen LogP contribution is 2.30. The van der Waals surface area contributed by atoms with Gasteiger partial charge in [0, 0.05) is 30.0 Å². The largest absolute Gasteiger partial charge is 0.371 e. The SMILES string of the molecule is Cc1ccc2c(c1)CCCN2CC(CBr)c1ccccc1. The number of aryl methyl sites for hydroxylation is 2. The summed E-state index contributed by atoms with van der Waals surface area (Å²) in [6, 6.07) is 17.7. The van der Waals surface area contributed by atoms with E-state index in [0.29, 0.717) is 5.92 Å². The van der Waals surface area contributed by atoms with E-state index in [1.165, 1.54) is 41.8 Å². The van der Waals surface area contributed by atoms with Crippen LogP contribution in [0.15, 0.2) is 48.5 Å². The fourth-order valence-electron chi connectivity index (χ4n) is 3.23. The molecule has 21 heavy (non-hydrogen) atoms. The van der Waals surface area contributed by atoms with Gasteiger partial charge in [0.25, 0.3) is 0 Å². The number of benzene rings is 2. The molecule has 0 N–H and O–H groups in total. The topological polar surface area (TPSA) is 3.24 Å². The molecule has 2 aromatic rings. The molecule has 0 bridgehead atoms. The molecule has 110 valence electrons. The van der Waals surface area contributed by atoms with Crippen molar-refractivity contribution in [2.45, 2.75) is 25.7 Å². The molecule has 1 unspecified atom stereocenters. The van der Waals surface area contributed by atoms with E-state index in [9.17, 15) is 0 Å². The molecule has 0 aromatic heterocycles. The van der Waals surface area contributed by atoms with Gasteiger partial charge in [0.1, 0.15) is 0 Å². The monoisotopic (exact) mass is 343 g/mol. The lowest BCUT2D eigenvalue weighted by molar-refractivity contribution is 0.645. The summed E-state index contributed by atoms with van der Waals surface area (Å²) in [5.74, 6) is 0.540. The van der Waals surface area contributed by atoms with Crippen molar-refractivity contribution in [2.24, 2.45) is 0 Å². The third kappa shape index (κ3) is 3.32. The zero-order valence-electron chi connectivity index (χ0n) is 12.6. The zero-order chi connectivity index (χ0) is 14.7. The molecule has 2 heteroatoms. The Kier molecular flexibility index (Phi) is 4.64. The third-order valence-electron chi connectivity index (χ3n) is 4.35. The molecule has 1 aliphatic heterocycles. The predicted octanol–water partition coefficient (Wildman–Crippen LogP) is 4.93. The lowest BCUT2D eigenvalue weighted by Gasteiger charge is -2.34. The van der Waals surface area contributed by atoms with Crippen molar-refractivity contribution in [3.05, 3.63) is 65.2 Å². The Morgan fingerprint density at radius 3 is 2.71 bits per heavy atom. The highest BCUT2D eigenvalue weighted by atomic mass is 79.9. The second-order valence-electron chi connectivity index (χ2n) is 5.94. The van der Waals surface area contributed by atoms with Crippen LogP contribution in [-0.4, -0.2) is 18.4 Å². The van der Waals surface area contributed by atoms with Crippen LogP contribution in [0.4, 0.5) is 5.69 Å². The zero-order valence-corrected chi connectivity index (χ0v) is 14.1. The number of nitrogens with zero attached hydrogens (tertiary/aromatic N) is 1. The second kappa shape index (κ2) is 6.65. The van der Waals surface area contributed by atoms with E-state index < -0.39 is 0 Å². The summed E-state index contributed by atoms with van der Waals surface area (Å²) in [5.41, 5.74) is 5.75. The summed E-state index contributed by atoms with van der Waals surface area (Å²) < 4.78 is 0. The molecule has 0 spiro atoms. The minimum atomic E-state index is 0.540. The van der Waals surface area contributed by atoms with E-state index >= 15 is 0 Å². The Bertz CT molecular complexity index is 594. The summed E-state index contributed by atoms with van der Waals surface area (Å²) in [6.45, 7) is 4.45. The number of halogens is 1. The van der Waals surface area contributed by atoms with Crippen molar-refractivity contribution in [1.29, 1.82) is 0 Å². The number of anilines is 1. The van der Waals surface area contributed by atoms with E-state index in [1.54, 1.807) is 0 Å². The lowest BCUT2D eigenvalue weighted by Crippen LogP contribution is -2.33. The minimum absolute atomic E-state index is 0.540. The van der Waals surface area contributed by atoms with Crippen molar-refractivity contribution in [2.75, 3.05) is 23.3 Å². The van der Waals surface area contributed by atoms with Gasteiger partial charge >= 0.3 is 0 Å². The number of fused-ring (bicyclic) bond motifs is 1. The molecule has 1 aliphatic rings. The molecular formula is C19H22BrN. The van der Waals surface area contributed by atoms with Gasteiger partial charge in [0.15, 0.2) is 0 Å². The van der Waals surface area contributed by atoms with Crippen LogP contribution in [0.3, 0.4) is 0 Å². The van der Waals surface area contributed by atoms with E-state index in [0.717, 1.165) is 11.9 Å². The fourth-order valence-corrected chi connectivity index (χ4v) is 3.81. The van der Waals surface area contributed by atoms with Gasteiger partial charge < -0.3 is 4.90 Å². The molecule has 0 saturated heterocycles. The summed E-state index contributed by atoms with van der Waals surface area (Å²) in [7, 11) is 0. The summed E-state index contributed by atoms with van der Waals surface area (Å²) in [5, 5.41) is 1.01. The molecule has 2 aromatic carbocycles. The first kappa shape index (κ1) is 14.6. The van der Waals surface area contributed by atoms with Gasteiger partial charge in [-0.15, -0.1) is 0 Å². The quantitative estimate of drug-likeness (QED) is 0.711. The molecule has 0 fully saturated rings. The predicted molar refractivity (Wildman–Crippen MR) is 94.7 cm³/mol. The molecular weight excluding hydrogens is 322 g/mol. The maximum atomic E-state index is 3.70. The Morgan fingerprint density at radius 1 is 1.14 bits per heavy atom. The molecule has 0 aliphatic carbocycles. The molecule has 0 radical (unpaired) electrons. The van der Waals surface area contributed by atoms with Crippen LogP contribution in [0.1, 0.15) is 29.0 Å². The first-order valence-electron chi connectivity index (χ1n) is 7.73. The van der Waals surface area contributed by atoms with Crippen LogP contribution in [0.2, 0.25) is 0 Å². The molecule has 1 heterocycles. The van der Waals surface area contributed by atoms with Crippen LogP contribution >= 0.6 is 15.9 Å². The molecule has 1 nitrogen and oxygen atoms in total. The Hall–Kier alpha value is -1.28. The smallest absolute Gasteiger partial charge is 0.0399 e. The van der Waals surface area contributed by atoms with Gasteiger partial charge in [0.05, 0.1) is 0 Å². The van der Waals surface area contributed by atoms with Crippen LogP contribution in [0, 0.1) is 6.92 Å². The standard InChI is InChI=1S/C19H22BrN/c1-15-9-10-19-17(12-15)8-5-11-21(19)14-18(13-20)16-6-3-2-4-7-16/h2-4,6-7,9-10,12,18H,5,8,11,13-14H2,1H3. The normalized spacial score (nSPS) is 15.6. The number of alkyl halides is 1. The van der Waals surface area contributed by atoms with E-state index in [-0.39, 0.29) is 0 Å². The average Bonchev–Trinajstić information content (AvgIpc) is 2.53. The van der Waals surface area contributed by atoms with Crippen molar-refractivity contribution in [3.63, 3.8) is 0 Å². The first-order chi connectivity index (χ1) is 10.3. The van der Waals surface area contributed by atoms with Crippen LogP contribution in [0.5, 0.6) is 0 Å². The van der Waals surface area contributed by atoms with E-state index in [2.05, 4.69) is 76.3 Å². The Balaban J connectivity index is 1.82. The number of hydrogen-bond acceptors (Lipinski definition) is 1. The summed E-state index contributed by atoms with van der Waals surface area (Å²) in [6.07, 6.45) is 2.48. The van der Waals surface area contributed by atoms with Crippen LogP contribution < -0.4 is 4.90 Å². The van der Waals surface area contributed by atoms with Crippen molar-refractivity contribution < 1.29 is 0 Å². The Labute approximate surface area is 136 Å². The highest BCUT2D eigenvalue weighted by molar-refractivity contribution is 9.09. The van der Waals surface area contributed by atoms with E-state index in [4.69, 9.17) is 0 Å². The van der Waals surface area contributed by atoms with Gasteiger partial charge in [-0.3, -0.25) is 0 Å². The van der Waals surface area contributed by atoms with Gasteiger partial charge in [-0.05, 0) is 37.0 Å².